The van der Waals surface area contributed by atoms with Gasteiger partial charge in [-0.2, -0.15) is 13.2 Å². The van der Waals surface area contributed by atoms with Crippen molar-refractivity contribution in [3.63, 3.8) is 0 Å². The summed E-state index contributed by atoms with van der Waals surface area (Å²) in [7, 11) is -3.24. The molecular formula is C14H19F3N2O2S. The number of sulfone groups is 1. The summed E-state index contributed by atoms with van der Waals surface area (Å²) < 4.78 is 60.9. The molecule has 1 aliphatic heterocycles. The number of piperazine rings is 1. The molecule has 2 rings (SSSR count). The molecule has 0 amide bonds. The van der Waals surface area contributed by atoms with Gasteiger partial charge in [0.2, 0.25) is 0 Å². The lowest BCUT2D eigenvalue weighted by atomic mass is 10.2. The highest BCUT2D eigenvalue weighted by Crippen LogP contribution is 2.26. The van der Waals surface area contributed by atoms with Gasteiger partial charge in [0.1, 0.15) is 6.04 Å². The number of hydrogen-bond acceptors (Lipinski definition) is 4. The fourth-order valence-electron chi connectivity index (χ4n) is 2.48. The average molecular weight is 336 g/mol. The number of anilines is 1. The van der Waals surface area contributed by atoms with Gasteiger partial charge in [-0.25, -0.2) is 8.42 Å². The lowest BCUT2D eigenvalue weighted by Gasteiger charge is -2.39. The van der Waals surface area contributed by atoms with Crippen molar-refractivity contribution in [1.82, 2.24) is 4.90 Å². The minimum atomic E-state index is -4.21. The zero-order valence-electron chi connectivity index (χ0n) is 12.5. The molecule has 1 aliphatic rings. The van der Waals surface area contributed by atoms with Crippen molar-refractivity contribution in [3.8, 4) is 0 Å². The van der Waals surface area contributed by atoms with Gasteiger partial charge in [-0.15, -0.1) is 0 Å². The molecule has 124 valence electrons. The predicted octanol–water partition coefficient (Wildman–Crippen LogP) is 2.16. The summed E-state index contributed by atoms with van der Waals surface area (Å²) in [4.78, 5) is 3.62. The minimum absolute atomic E-state index is 0.237. The van der Waals surface area contributed by atoms with E-state index in [0.29, 0.717) is 26.2 Å². The molecule has 0 bridgehead atoms. The Bertz CT molecular complexity index is 606. The van der Waals surface area contributed by atoms with Crippen LogP contribution in [0.1, 0.15) is 6.92 Å². The van der Waals surface area contributed by atoms with Crippen molar-refractivity contribution in [2.75, 3.05) is 37.3 Å². The number of halogens is 3. The van der Waals surface area contributed by atoms with Gasteiger partial charge in [0.25, 0.3) is 0 Å². The van der Waals surface area contributed by atoms with Crippen LogP contribution in [0.15, 0.2) is 29.2 Å². The molecule has 1 saturated heterocycles. The van der Waals surface area contributed by atoms with Crippen LogP contribution in [0.3, 0.4) is 0 Å². The zero-order chi connectivity index (χ0) is 16.5. The Morgan fingerprint density at radius 2 is 1.55 bits per heavy atom. The van der Waals surface area contributed by atoms with Crippen LogP contribution < -0.4 is 4.90 Å². The second kappa shape index (κ2) is 6.08. The third kappa shape index (κ3) is 3.92. The first kappa shape index (κ1) is 17.1. The Labute approximate surface area is 128 Å². The van der Waals surface area contributed by atoms with E-state index in [-0.39, 0.29) is 4.90 Å². The number of nitrogens with zero attached hydrogens (tertiary/aromatic N) is 2. The zero-order valence-corrected chi connectivity index (χ0v) is 13.3. The number of hydrogen-bond donors (Lipinski definition) is 0. The van der Waals surface area contributed by atoms with Crippen LogP contribution in [0, 0.1) is 0 Å². The van der Waals surface area contributed by atoms with Crippen LogP contribution in [-0.4, -0.2) is 58.0 Å². The third-order valence-electron chi connectivity index (χ3n) is 3.97. The maximum Gasteiger partial charge on any atom is 0.403 e. The molecule has 1 aromatic carbocycles. The summed E-state index contributed by atoms with van der Waals surface area (Å²) in [6.07, 6.45) is -3.07. The molecule has 4 nitrogen and oxygen atoms in total. The van der Waals surface area contributed by atoms with Crippen molar-refractivity contribution in [1.29, 1.82) is 0 Å². The Hall–Kier alpha value is -1.28. The molecule has 0 aliphatic carbocycles. The molecule has 0 saturated carbocycles. The number of alkyl halides is 3. The first-order valence-electron chi connectivity index (χ1n) is 6.95. The molecule has 8 heteroatoms. The monoisotopic (exact) mass is 336 g/mol. The van der Waals surface area contributed by atoms with Gasteiger partial charge in [-0.1, -0.05) is 0 Å². The van der Waals surface area contributed by atoms with Crippen LogP contribution in [-0.2, 0) is 9.84 Å². The highest BCUT2D eigenvalue weighted by Gasteiger charge is 2.40. The van der Waals surface area contributed by atoms with Gasteiger partial charge >= 0.3 is 6.18 Å². The van der Waals surface area contributed by atoms with E-state index in [4.69, 9.17) is 0 Å². The molecule has 1 unspecified atom stereocenters. The van der Waals surface area contributed by atoms with Gasteiger partial charge < -0.3 is 4.90 Å². The van der Waals surface area contributed by atoms with Crippen molar-refractivity contribution in [2.24, 2.45) is 0 Å². The minimum Gasteiger partial charge on any atom is -0.369 e. The van der Waals surface area contributed by atoms with Crippen molar-refractivity contribution >= 4 is 15.5 Å². The number of benzene rings is 1. The molecular weight excluding hydrogens is 317 g/mol. The van der Waals surface area contributed by atoms with Gasteiger partial charge in [0.05, 0.1) is 4.90 Å². The summed E-state index contributed by atoms with van der Waals surface area (Å²) >= 11 is 0. The summed E-state index contributed by atoms with van der Waals surface area (Å²) in [5.74, 6) is 0. The molecule has 1 aromatic rings. The van der Waals surface area contributed by atoms with Crippen molar-refractivity contribution < 1.29 is 21.6 Å². The van der Waals surface area contributed by atoms with E-state index in [1.54, 1.807) is 12.1 Å². The summed E-state index contributed by atoms with van der Waals surface area (Å²) in [6.45, 7) is 2.80. The van der Waals surface area contributed by atoms with E-state index in [9.17, 15) is 21.6 Å². The maximum absolute atomic E-state index is 12.7. The summed E-state index contributed by atoms with van der Waals surface area (Å²) in [5, 5.41) is 0. The van der Waals surface area contributed by atoms with Gasteiger partial charge in [-0.3, -0.25) is 4.90 Å². The largest absolute Gasteiger partial charge is 0.403 e. The quantitative estimate of drug-likeness (QED) is 0.848. The fourth-order valence-corrected chi connectivity index (χ4v) is 3.11. The maximum atomic E-state index is 12.7. The van der Waals surface area contributed by atoms with E-state index >= 15 is 0 Å². The second-order valence-electron chi connectivity index (χ2n) is 5.51. The van der Waals surface area contributed by atoms with Crippen LogP contribution >= 0.6 is 0 Å². The molecule has 1 fully saturated rings. The molecule has 1 heterocycles. The Morgan fingerprint density at radius 3 is 1.95 bits per heavy atom. The summed E-state index contributed by atoms with van der Waals surface area (Å²) in [5.41, 5.74) is 0.826. The van der Waals surface area contributed by atoms with Crippen molar-refractivity contribution in [3.05, 3.63) is 24.3 Å². The average Bonchev–Trinajstić information content (AvgIpc) is 2.45. The molecule has 0 spiro atoms. The van der Waals surface area contributed by atoms with Crippen LogP contribution in [0.2, 0.25) is 0 Å². The van der Waals surface area contributed by atoms with E-state index in [1.165, 1.54) is 24.0 Å². The van der Waals surface area contributed by atoms with Gasteiger partial charge in [-0.05, 0) is 31.2 Å². The topological polar surface area (TPSA) is 40.6 Å². The molecule has 1 atom stereocenters. The summed E-state index contributed by atoms with van der Waals surface area (Å²) in [6, 6.07) is 4.99. The normalized spacial score (nSPS) is 19.2. The third-order valence-corrected chi connectivity index (χ3v) is 5.09. The molecule has 22 heavy (non-hydrogen) atoms. The first-order chi connectivity index (χ1) is 10.1. The molecule has 0 radical (unpaired) electrons. The second-order valence-corrected chi connectivity index (χ2v) is 7.52. The van der Waals surface area contributed by atoms with E-state index in [1.807, 2.05) is 4.90 Å². The first-order valence-corrected chi connectivity index (χ1v) is 8.84. The lowest BCUT2D eigenvalue weighted by Crippen LogP contribution is -2.53. The van der Waals surface area contributed by atoms with Crippen LogP contribution in [0.4, 0.5) is 18.9 Å². The Morgan fingerprint density at radius 1 is 1.05 bits per heavy atom. The van der Waals surface area contributed by atoms with Gasteiger partial charge in [0, 0.05) is 38.1 Å². The fraction of sp³-hybridized carbons (Fsp3) is 0.571. The Balaban J connectivity index is 2.00. The highest BCUT2D eigenvalue weighted by molar-refractivity contribution is 7.90. The Kier molecular flexibility index (Phi) is 4.72. The van der Waals surface area contributed by atoms with E-state index < -0.39 is 22.1 Å². The van der Waals surface area contributed by atoms with E-state index in [2.05, 4.69) is 0 Å². The number of rotatable bonds is 3. The van der Waals surface area contributed by atoms with E-state index in [0.717, 1.165) is 11.9 Å². The standard InChI is InChI=1S/C14H19F3N2O2S/c1-11(14(15,16)17)18-7-9-19(10-8-18)12-3-5-13(6-4-12)22(2,20)21/h3-6,11H,7-10H2,1-2H3. The van der Waals surface area contributed by atoms with Crippen molar-refractivity contribution in [2.45, 2.75) is 24.0 Å². The molecule has 0 aromatic heterocycles. The lowest BCUT2D eigenvalue weighted by molar-refractivity contribution is -0.179. The molecule has 0 N–H and O–H groups in total. The SMILES string of the molecule is CC(N1CCN(c2ccc(S(C)(=O)=O)cc2)CC1)C(F)(F)F. The van der Waals surface area contributed by atoms with Gasteiger partial charge in [0.15, 0.2) is 9.84 Å². The van der Waals surface area contributed by atoms with Crippen LogP contribution in [0.5, 0.6) is 0 Å². The smallest absolute Gasteiger partial charge is 0.369 e. The van der Waals surface area contributed by atoms with Crippen LogP contribution in [0.25, 0.3) is 0 Å². The predicted molar refractivity (Wildman–Crippen MR) is 78.9 cm³/mol. The highest BCUT2D eigenvalue weighted by atomic mass is 32.2.